The summed E-state index contributed by atoms with van der Waals surface area (Å²) in [6.45, 7) is 6.14. The molecule has 2 aromatic carbocycles. The van der Waals surface area contributed by atoms with Crippen LogP contribution in [0.2, 0.25) is 5.02 Å². The van der Waals surface area contributed by atoms with Crippen LogP contribution in [0, 0.1) is 0 Å². The number of halogens is 1. The van der Waals surface area contributed by atoms with Gasteiger partial charge in [-0.2, -0.15) is 8.42 Å². The van der Waals surface area contributed by atoms with Crippen molar-refractivity contribution in [3.05, 3.63) is 76.9 Å². The number of likely N-dealkylation sites (tertiary alicyclic amines) is 1. The van der Waals surface area contributed by atoms with Gasteiger partial charge in [-0.3, -0.25) is 9.35 Å². The Labute approximate surface area is 263 Å². The molecule has 0 aliphatic carbocycles. The maximum atomic E-state index is 11.2. The highest BCUT2D eigenvalue weighted by atomic mass is 35.5. The van der Waals surface area contributed by atoms with Crippen LogP contribution in [0.15, 0.2) is 60.7 Å². The smallest absolute Gasteiger partial charge is 0.261 e. The molecule has 11 nitrogen and oxygen atoms in total. The molecule has 0 saturated carbocycles. The molecule has 13 heteroatoms. The molecule has 236 valence electrons. The van der Waals surface area contributed by atoms with Crippen LogP contribution in [0.3, 0.4) is 0 Å². The third-order valence-electron chi connectivity index (χ3n) is 7.03. The molecule has 0 spiro atoms. The Balaban J connectivity index is 0.000000818. The van der Waals surface area contributed by atoms with Gasteiger partial charge in [0.15, 0.2) is 5.82 Å². The number of hydrogen-bond acceptors (Lipinski definition) is 8. The number of carbonyl (C=O) groups excluding carboxylic acids is 1. The Morgan fingerprint density at radius 2 is 1.77 bits per heavy atom. The van der Waals surface area contributed by atoms with Crippen LogP contribution in [0.25, 0.3) is 22.4 Å². The number of nitrogens with zero attached hydrogens (tertiary/aromatic N) is 3. The van der Waals surface area contributed by atoms with Crippen LogP contribution in [-0.4, -0.2) is 83.8 Å². The van der Waals surface area contributed by atoms with Crippen LogP contribution in [-0.2, 0) is 32.7 Å². The van der Waals surface area contributed by atoms with Crippen molar-refractivity contribution in [2.45, 2.75) is 38.9 Å². The number of piperidine rings is 1. The number of benzene rings is 2. The average molecular weight is 643 g/mol. The van der Waals surface area contributed by atoms with Crippen LogP contribution in [0.5, 0.6) is 0 Å². The summed E-state index contributed by atoms with van der Waals surface area (Å²) in [7, 11) is -3.67. The van der Waals surface area contributed by atoms with E-state index in [1.807, 2.05) is 48.5 Å². The van der Waals surface area contributed by atoms with E-state index in [9.17, 15) is 13.2 Å². The zero-order chi connectivity index (χ0) is 31.5. The lowest BCUT2D eigenvalue weighted by Crippen LogP contribution is -2.38. The van der Waals surface area contributed by atoms with Crippen molar-refractivity contribution < 1.29 is 22.5 Å². The predicted octanol–water partition coefficient (Wildman–Crippen LogP) is 4.55. The lowest BCUT2D eigenvalue weighted by atomic mass is 10.1. The summed E-state index contributed by atoms with van der Waals surface area (Å²) in [6, 6.07) is 20.1. The van der Waals surface area contributed by atoms with Crippen molar-refractivity contribution in [1.29, 1.82) is 0 Å². The summed E-state index contributed by atoms with van der Waals surface area (Å²) in [5, 5.41) is 7.93. The standard InChI is InChI=1S/C30H35ClN6O2.CH4O3S/c1-21(38)32-14-15-33-29-26-19-24(34-30(26)36-28(35-29)23-8-3-2-4-9-23)20-39-25-12-17-37(18-13-25)16-11-22-7-5-6-10-27(22)31;1-5(2,3)4/h2-10,19,25H,11-18,20H2,1H3,(H,32,38)(H2,33,34,35,36);1H3,(H,2,3,4). The van der Waals surface area contributed by atoms with Crippen molar-refractivity contribution in [3.8, 4) is 11.4 Å². The molecule has 44 heavy (non-hydrogen) atoms. The second-order valence-corrected chi connectivity index (χ2v) is 12.5. The Morgan fingerprint density at radius 1 is 1.09 bits per heavy atom. The Hall–Kier alpha value is -3.55. The monoisotopic (exact) mass is 642 g/mol. The van der Waals surface area contributed by atoms with Gasteiger partial charge in [-0.1, -0.05) is 60.1 Å². The molecule has 1 aliphatic heterocycles. The lowest BCUT2D eigenvalue weighted by molar-refractivity contribution is -0.118. The largest absolute Gasteiger partial charge is 0.372 e. The first kappa shape index (κ1) is 33.3. The summed E-state index contributed by atoms with van der Waals surface area (Å²) in [6.07, 6.45) is 3.93. The van der Waals surface area contributed by atoms with Gasteiger partial charge in [0.2, 0.25) is 5.91 Å². The van der Waals surface area contributed by atoms with Crippen molar-refractivity contribution in [3.63, 3.8) is 0 Å². The van der Waals surface area contributed by atoms with Crippen LogP contribution < -0.4 is 10.6 Å². The Kier molecular flexibility index (Phi) is 12.1. The molecule has 1 fully saturated rings. The molecule has 0 radical (unpaired) electrons. The zero-order valence-electron chi connectivity index (χ0n) is 24.9. The fraction of sp³-hybridized carbons (Fsp3) is 0.387. The van der Waals surface area contributed by atoms with Gasteiger partial charge in [0.1, 0.15) is 11.5 Å². The molecule has 1 amide bonds. The van der Waals surface area contributed by atoms with Gasteiger partial charge in [0.05, 0.1) is 24.4 Å². The average Bonchev–Trinajstić information content (AvgIpc) is 3.41. The van der Waals surface area contributed by atoms with E-state index in [0.717, 1.165) is 72.0 Å². The Morgan fingerprint density at radius 3 is 2.45 bits per heavy atom. The fourth-order valence-corrected chi connectivity index (χ4v) is 5.13. The first-order valence-corrected chi connectivity index (χ1v) is 16.7. The molecule has 4 N–H and O–H groups in total. The topological polar surface area (TPSA) is 150 Å². The van der Waals surface area contributed by atoms with E-state index >= 15 is 0 Å². The van der Waals surface area contributed by atoms with E-state index in [-0.39, 0.29) is 12.0 Å². The van der Waals surface area contributed by atoms with Crippen LogP contribution >= 0.6 is 11.6 Å². The fourth-order valence-electron chi connectivity index (χ4n) is 4.90. The number of nitrogens with one attached hydrogen (secondary N) is 3. The summed E-state index contributed by atoms with van der Waals surface area (Å²) in [5.41, 5.74) is 3.88. The molecule has 0 atom stereocenters. The molecule has 1 saturated heterocycles. The quantitative estimate of drug-likeness (QED) is 0.136. The summed E-state index contributed by atoms with van der Waals surface area (Å²) in [5.74, 6) is 1.32. The maximum Gasteiger partial charge on any atom is 0.261 e. The van der Waals surface area contributed by atoms with Gasteiger partial charge >= 0.3 is 0 Å². The molecule has 1 aliphatic rings. The number of rotatable bonds is 11. The van der Waals surface area contributed by atoms with E-state index in [1.165, 1.54) is 12.5 Å². The highest BCUT2D eigenvalue weighted by molar-refractivity contribution is 7.85. The van der Waals surface area contributed by atoms with E-state index in [1.54, 1.807) is 0 Å². The minimum atomic E-state index is -3.67. The number of aromatic amines is 1. The summed E-state index contributed by atoms with van der Waals surface area (Å²) >= 11 is 6.32. The summed E-state index contributed by atoms with van der Waals surface area (Å²) < 4.78 is 32.2. The molecule has 2 aromatic heterocycles. The second kappa shape index (κ2) is 16.0. The number of carbonyl (C=O) groups is 1. The summed E-state index contributed by atoms with van der Waals surface area (Å²) in [4.78, 5) is 26.8. The Bertz CT molecular complexity index is 1620. The molecular formula is C31H39ClN6O5S. The van der Waals surface area contributed by atoms with Gasteiger partial charge in [0.25, 0.3) is 10.1 Å². The number of aromatic nitrogens is 3. The number of anilines is 1. The molecule has 5 rings (SSSR count). The van der Waals surface area contributed by atoms with E-state index in [0.29, 0.717) is 31.8 Å². The molecule has 0 bridgehead atoms. The van der Waals surface area contributed by atoms with E-state index < -0.39 is 10.1 Å². The van der Waals surface area contributed by atoms with Crippen LogP contribution in [0.4, 0.5) is 5.82 Å². The molecular weight excluding hydrogens is 604 g/mol. The second-order valence-electron chi connectivity index (χ2n) is 10.7. The van der Waals surface area contributed by atoms with Crippen molar-refractivity contribution in [1.82, 2.24) is 25.2 Å². The molecule has 4 aromatic rings. The van der Waals surface area contributed by atoms with Gasteiger partial charge in [-0.15, -0.1) is 0 Å². The van der Waals surface area contributed by atoms with Crippen LogP contribution in [0.1, 0.15) is 31.0 Å². The first-order chi connectivity index (χ1) is 21.0. The first-order valence-electron chi connectivity index (χ1n) is 14.5. The third-order valence-corrected chi connectivity index (χ3v) is 7.40. The number of ether oxygens (including phenoxy) is 1. The minimum absolute atomic E-state index is 0.0536. The number of fused-ring (bicyclic) bond motifs is 1. The highest BCUT2D eigenvalue weighted by Crippen LogP contribution is 2.27. The van der Waals surface area contributed by atoms with Crippen molar-refractivity contribution in [2.75, 3.05) is 44.3 Å². The number of H-pyrrole nitrogens is 1. The van der Waals surface area contributed by atoms with Crippen molar-refractivity contribution >= 4 is 44.5 Å². The van der Waals surface area contributed by atoms with Gasteiger partial charge < -0.3 is 25.3 Å². The maximum absolute atomic E-state index is 11.2. The predicted molar refractivity (Wildman–Crippen MR) is 173 cm³/mol. The van der Waals surface area contributed by atoms with Gasteiger partial charge in [-0.05, 0) is 37.0 Å². The SMILES string of the molecule is CC(=O)NCCNc1nc(-c2ccccc2)nc2[nH]c(COC3CCN(CCc4ccccc4Cl)CC3)cc12.CS(=O)(=O)O. The molecule has 3 heterocycles. The van der Waals surface area contributed by atoms with E-state index in [2.05, 4.69) is 32.7 Å². The lowest BCUT2D eigenvalue weighted by Gasteiger charge is -2.31. The van der Waals surface area contributed by atoms with Gasteiger partial charge in [-0.25, -0.2) is 9.97 Å². The molecule has 0 unspecified atom stereocenters. The zero-order valence-corrected chi connectivity index (χ0v) is 26.5. The normalized spacial score (nSPS) is 14.2. The third kappa shape index (κ3) is 10.9. The van der Waals surface area contributed by atoms with Gasteiger partial charge in [0, 0.05) is 55.9 Å². The van der Waals surface area contributed by atoms with Crippen molar-refractivity contribution in [2.24, 2.45) is 0 Å². The minimum Gasteiger partial charge on any atom is -0.372 e. The highest BCUT2D eigenvalue weighted by Gasteiger charge is 2.20. The number of amides is 1. The van der Waals surface area contributed by atoms with E-state index in [4.69, 9.17) is 30.9 Å². The number of hydrogen-bond donors (Lipinski definition) is 4.